The molecular formula is C22H22N2O. The van der Waals surface area contributed by atoms with Gasteiger partial charge in [-0.3, -0.25) is 9.78 Å². The second-order valence-electron chi connectivity index (χ2n) is 6.16. The largest absolute Gasteiger partial charge is 0.322 e. The summed E-state index contributed by atoms with van der Waals surface area (Å²) < 4.78 is 0. The van der Waals surface area contributed by atoms with Gasteiger partial charge in [0.15, 0.2) is 0 Å². The summed E-state index contributed by atoms with van der Waals surface area (Å²) in [6, 6.07) is 19.5. The van der Waals surface area contributed by atoms with E-state index < -0.39 is 0 Å². The lowest BCUT2D eigenvalue weighted by Crippen LogP contribution is -2.13. The van der Waals surface area contributed by atoms with Gasteiger partial charge < -0.3 is 5.32 Å². The average Bonchev–Trinajstić information content (AvgIpc) is 2.64. The fraction of sp³-hybridized carbons (Fsp3) is 0.182. The van der Waals surface area contributed by atoms with E-state index >= 15 is 0 Å². The second-order valence-corrected chi connectivity index (χ2v) is 6.16. The molecule has 126 valence electrons. The Labute approximate surface area is 148 Å². The van der Waals surface area contributed by atoms with Gasteiger partial charge in [0, 0.05) is 23.0 Å². The van der Waals surface area contributed by atoms with Crippen molar-refractivity contribution < 1.29 is 4.79 Å². The van der Waals surface area contributed by atoms with Crippen molar-refractivity contribution in [1.82, 2.24) is 4.98 Å². The summed E-state index contributed by atoms with van der Waals surface area (Å²) in [6.45, 7) is 4.18. The van der Waals surface area contributed by atoms with Crippen molar-refractivity contribution in [3.63, 3.8) is 0 Å². The molecule has 1 aromatic heterocycles. The highest BCUT2D eigenvalue weighted by Crippen LogP contribution is 2.20. The third-order valence-corrected chi connectivity index (χ3v) is 4.14. The minimum atomic E-state index is -0.0905. The van der Waals surface area contributed by atoms with E-state index in [0.717, 1.165) is 29.8 Å². The summed E-state index contributed by atoms with van der Waals surface area (Å²) in [6.07, 6.45) is 3.80. The van der Waals surface area contributed by atoms with E-state index in [1.165, 1.54) is 11.1 Å². The number of nitrogens with one attached hydrogen (secondary N) is 1. The number of aryl methyl sites for hydroxylation is 2. The molecule has 0 atom stereocenters. The maximum absolute atomic E-state index is 12.5. The van der Waals surface area contributed by atoms with Crippen molar-refractivity contribution in [2.24, 2.45) is 0 Å². The van der Waals surface area contributed by atoms with Crippen LogP contribution in [0.25, 0.3) is 11.3 Å². The number of carbonyl (C=O) groups is 1. The SMILES string of the molecule is CCCc1ccccc1NC(=O)c1ccc(-c2cc(C)ccn2)cc1. The van der Waals surface area contributed by atoms with E-state index in [4.69, 9.17) is 0 Å². The van der Waals surface area contributed by atoms with Gasteiger partial charge in [-0.25, -0.2) is 0 Å². The van der Waals surface area contributed by atoms with Crippen molar-refractivity contribution in [3.8, 4) is 11.3 Å². The molecule has 3 nitrogen and oxygen atoms in total. The lowest BCUT2D eigenvalue weighted by molar-refractivity contribution is 0.102. The number of hydrogen-bond donors (Lipinski definition) is 1. The first-order chi connectivity index (χ1) is 12.2. The zero-order valence-electron chi connectivity index (χ0n) is 14.6. The summed E-state index contributed by atoms with van der Waals surface area (Å²) in [4.78, 5) is 16.9. The first-order valence-electron chi connectivity index (χ1n) is 8.59. The third kappa shape index (κ3) is 4.13. The highest BCUT2D eigenvalue weighted by atomic mass is 16.1. The van der Waals surface area contributed by atoms with Crippen molar-refractivity contribution in [3.05, 3.63) is 83.6 Å². The minimum absolute atomic E-state index is 0.0905. The van der Waals surface area contributed by atoms with Crippen LogP contribution in [0.1, 0.15) is 34.8 Å². The Morgan fingerprint density at radius 2 is 1.80 bits per heavy atom. The molecular weight excluding hydrogens is 308 g/mol. The fourth-order valence-electron chi connectivity index (χ4n) is 2.81. The van der Waals surface area contributed by atoms with Crippen LogP contribution in [-0.2, 0) is 6.42 Å². The molecule has 0 aliphatic heterocycles. The number of hydrogen-bond acceptors (Lipinski definition) is 2. The molecule has 25 heavy (non-hydrogen) atoms. The molecule has 0 spiro atoms. The van der Waals surface area contributed by atoms with Gasteiger partial charge in [0.25, 0.3) is 5.91 Å². The molecule has 1 amide bonds. The standard InChI is InChI=1S/C22H22N2O/c1-3-6-17-7-4-5-8-20(17)24-22(25)19-11-9-18(10-12-19)21-15-16(2)13-14-23-21/h4-5,7-15H,3,6H2,1-2H3,(H,24,25). The number of anilines is 1. The fourth-order valence-corrected chi connectivity index (χ4v) is 2.81. The maximum Gasteiger partial charge on any atom is 0.255 e. The molecule has 3 heteroatoms. The molecule has 0 fully saturated rings. The van der Waals surface area contributed by atoms with E-state index in [0.29, 0.717) is 5.56 Å². The number of carbonyl (C=O) groups excluding carboxylic acids is 1. The van der Waals surface area contributed by atoms with Crippen molar-refractivity contribution in [2.45, 2.75) is 26.7 Å². The summed E-state index contributed by atoms with van der Waals surface area (Å²) >= 11 is 0. The van der Waals surface area contributed by atoms with Crippen LogP contribution in [-0.4, -0.2) is 10.9 Å². The van der Waals surface area contributed by atoms with Crippen LogP contribution < -0.4 is 5.32 Å². The van der Waals surface area contributed by atoms with Crippen LogP contribution in [0.15, 0.2) is 66.9 Å². The molecule has 0 bridgehead atoms. The molecule has 2 aromatic carbocycles. The van der Waals surface area contributed by atoms with Crippen molar-refractivity contribution in [1.29, 1.82) is 0 Å². The minimum Gasteiger partial charge on any atom is -0.322 e. The molecule has 3 rings (SSSR count). The zero-order valence-corrected chi connectivity index (χ0v) is 14.6. The topological polar surface area (TPSA) is 42.0 Å². The number of para-hydroxylation sites is 1. The first kappa shape index (κ1) is 16.9. The second kappa shape index (κ2) is 7.75. The highest BCUT2D eigenvalue weighted by Gasteiger charge is 2.09. The Balaban J connectivity index is 1.77. The summed E-state index contributed by atoms with van der Waals surface area (Å²) in [5.74, 6) is -0.0905. The van der Waals surface area contributed by atoms with Gasteiger partial charge in [0.1, 0.15) is 0 Å². The number of pyridine rings is 1. The molecule has 0 aliphatic rings. The third-order valence-electron chi connectivity index (χ3n) is 4.14. The van der Waals surface area contributed by atoms with E-state index in [9.17, 15) is 4.79 Å². The van der Waals surface area contributed by atoms with Gasteiger partial charge in [-0.1, -0.05) is 43.7 Å². The van der Waals surface area contributed by atoms with Gasteiger partial charge in [0.05, 0.1) is 5.69 Å². The van der Waals surface area contributed by atoms with E-state index in [2.05, 4.69) is 23.3 Å². The van der Waals surface area contributed by atoms with E-state index in [1.807, 2.05) is 61.5 Å². The molecule has 0 saturated heterocycles. The smallest absolute Gasteiger partial charge is 0.255 e. The van der Waals surface area contributed by atoms with Gasteiger partial charge >= 0.3 is 0 Å². The Bertz CT molecular complexity index is 869. The molecule has 0 unspecified atom stereocenters. The lowest BCUT2D eigenvalue weighted by atomic mass is 10.1. The highest BCUT2D eigenvalue weighted by molar-refractivity contribution is 6.04. The van der Waals surface area contributed by atoms with Crippen LogP contribution in [0.4, 0.5) is 5.69 Å². The number of aromatic nitrogens is 1. The average molecular weight is 330 g/mol. The van der Waals surface area contributed by atoms with Gasteiger partial charge in [-0.05, 0) is 54.8 Å². The lowest BCUT2D eigenvalue weighted by Gasteiger charge is -2.11. The van der Waals surface area contributed by atoms with Crippen molar-refractivity contribution in [2.75, 3.05) is 5.32 Å². The Hall–Kier alpha value is -2.94. The molecule has 0 aliphatic carbocycles. The Morgan fingerprint density at radius 1 is 1.04 bits per heavy atom. The number of rotatable bonds is 5. The van der Waals surface area contributed by atoms with E-state index in [1.54, 1.807) is 6.20 Å². The van der Waals surface area contributed by atoms with Crippen LogP contribution in [0.5, 0.6) is 0 Å². The molecule has 3 aromatic rings. The number of nitrogens with zero attached hydrogens (tertiary/aromatic N) is 1. The quantitative estimate of drug-likeness (QED) is 0.693. The molecule has 1 heterocycles. The molecule has 1 N–H and O–H groups in total. The van der Waals surface area contributed by atoms with Gasteiger partial charge in [-0.2, -0.15) is 0 Å². The van der Waals surface area contributed by atoms with Crippen LogP contribution in [0, 0.1) is 6.92 Å². The monoisotopic (exact) mass is 330 g/mol. The van der Waals surface area contributed by atoms with Crippen LogP contribution in [0.2, 0.25) is 0 Å². The number of benzene rings is 2. The van der Waals surface area contributed by atoms with Crippen molar-refractivity contribution >= 4 is 11.6 Å². The van der Waals surface area contributed by atoms with Gasteiger partial charge in [0.2, 0.25) is 0 Å². The summed E-state index contributed by atoms with van der Waals surface area (Å²) in [7, 11) is 0. The predicted octanol–water partition coefficient (Wildman–Crippen LogP) is 5.26. The molecule has 0 radical (unpaired) electrons. The van der Waals surface area contributed by atoms with Crippen LogP contribution >= 0.6 is 0 Å². The van der Waals surface area contributed by atoms with Gasteiger partial charge in [-0.15, -0.1) is 0 Å². The molecule has 0 saturated carbocycles. The van der Waals surface area contributed by atoms with E-state index in [-0.39, 0.29) is 5.91 Å². The maximum atomic E-state index is 12.5. The summed E-state index contributed by atoms with van der Waals surface area (Å²) in [5, 5.41) is 3.03. The normalized spacial score (nSPS) is 10.5. The zero-order chi connectivity index (χ0) is 17.6. The first-order valence-corrected chi connectivity index (χ1v) is 8.59. The Kier molecular flexibility index (Phi) is 5.24. The van der Waals surface area contributed by atoms with Crippen LogP contribution in [0.3, 0.4) is 0 Å². The number of amides is 1. The summed E-state index contributed by atoms with van der Waals surface area (Å²) in [5.41, 5.74) is 5.78. The predicted molar refractivity (Wildman–Crippen MR) is 103 cm³/mol. The Morgan fingerprint density at radius 3 is 2.52 bits per heavy atom.